The van der Waals surface area contributed by atoms with E-state index in [-0.39, 0.29) is 5.02 Å². The van der Waals surface area contributed by atoms with E-state index in [4.69, 9.17) is 32.7 Å². The Morgan fingerprint density at radius 2 is 1.72 bits per heavy atom. The molecule has 0 spiro atoms. The fourth-order valence-corrected chi connectivity index (χ4v) is 3.80. The second-order valence-corrected chi connectivity index (χ2v) is 8.24. The van der Waals surface area contributed by atoms with Crippen LogP contribution in [0.5, 0.6) is 11.5 Å². The van der Waals surface area contributed by atoms with Gasteiger partial charge in [-0.05, 0) is 83.1 Å². The summed E-state index contributed by atoms with van der Waals surface area (Å²) in [6.07, 6.45) is 0. The van der Waals surface area contributed by atoms with Crippen LogP contribution in [0.4, 0.5) is 10.1 Å². The second kappa shape index (κ2) is 10.4. The molecule has 0 radical (unpaired) electrons. The second-order valence-electron chi connectivity index (χ2n) is 6.24. The van der Waals surface area contributed by atoms with Crippen LogP contribution in [0.3, 0.4) is 0 Å². The van der Waals surface area contributed by atoms with Crippen LogP contribution in [-0.4, -0.2) is 6.61 Å². The first kappa shape index (κ1) is 22.0. The lowest BCUT2D eigenvalue weighted by atomic mass is 10.2. The van der Waals surface area contributed by atoms with Crippen molar-refractivity contribution in [2.75, 3.05) is 11.9 Å². The summed E-state index contributed by atoms with van der Waals surface area (Å²) in [6.45, 7) is 3.41. The molecule has 152 valence electrons. The Labute approximate surface area is 193 Å². The molecule has 3 rings (SSSR count). The van der Waals surface area contributed by atoms with E-state index in [1.54, 1.807) is 12.1 Å². The summed E-state index contributed by atoms with van der Waals surface area (Å²) in [5.41, 5.74) is 2.77. The SMILES string of the molecule is CCOc1cc(CNc2ccc(F)c(Cl)c2)cc(I)c1OCc1ccc(Cl)cc1. The van der Waals surface area contributed by atoms with Gasteiger partial charge < -0.3 is 14.8 Å². The summed E-state index contributed by atoms with van der Waals surface area (Å²) in [7, 11) is 0. The number of ether oxygens (including phenoxy) is 2. The highest BCUT2D eigenvalue weighted by Gasteiger charge is 2.13. The predicted octanol–water partition coefficient (Wildman–Crippen LogP) is 7.33. The van der Waals surface area contributed by atoms with Gasteiger partial charge >= 0.3 is 0 Å². The van der Waals surface area contributed by atoms with E-state index in [0.29, 0.717) is 36.3 Å². The van der Waals surface area contributed by atoms with E-state index in [1.165, 1.54) is 6.07 Å². The minimum absolute atomic E-state index is 0.0885. The maximum absolute atomic E-state index is 13.3. The highest BCUT2D eigenvalue weighted by molar-refractivity contribution is 14.1. The first-order valence-corrected chi connectivity index (χ1v) is 10.8. The number of nitrogens with one attached hydrogen (secondary N) is 1. The summed E-state index contributed by atoms with van der Waals surface area (Å²) < 4.78 is 26.1. The molecule has 0 aliphatic heterocycles. The van der Waals surface area contributed by atoms with Crippen molar-refractivity contribution in [2.24, 2.45) is 0 Å². The standard InChI is InChI=1S/C22H19Cl2FINO2/c1-2-28-21-10-15(12-27-17-7-8-19(25)18(24)11-17)9-20(26)22(21)29-13-14-3-5-16(23)6-4-14/h3-11,27H,2,12-13H2,1H3. The Bertz CT molecular complexity index is 983. The van der Waals surface area contributed by atoms with Crippen LogP contribution < -0.4 is 14.8 Å². The van der Waals surface area contributed by atoms with Crippen molar-refractivity contribution in [1.82, 2.24) is 0 Å². The topological polar surface area (TPSA) is 30.5 Å². The minimum Gasteiger partial charge on any atom is -0.490 e. The molecule has 0 aliphatic carbocycles. The third-order valence-corrected chi connectivity index (χ3v) is 5.42. The quantitative estimate of drug-likeness (QED) is 0.301. The molecule has 7 heteroatoms. The zero-order valence-corrected chi connectivity index (χ0v) is 19.3. The molecule has 0 aromatic heterocycles. The summed E-state index contributed by atoms with van der Waals surface area (Å²) in [5.74, 6) is 0.950. The molecule has 0 bridgehead atoms. The molecule has 0 unspecified atom stereocenters. The van der Waals surface area contributed by atoms with Gasteiger partial charge in [-0.15, -0.1) is 0 Å². The normalized spacial score (nSPS) is 10.7. The fraction of sp³-hybridized carbons (Fsp3) is 0.182. The maximum atomic E-state index is 13.3. The number of rotatable bonds is 8. The Morgan fingerprint density at radius 3 is 2.41 bits per heavy atom. The third kappa shape index (κ3) is 6.14. The lowest BCUT2D eigenvalue weighted by Crippen LogP contribution is -2.05. The highest BCUT2D eigenvalue weighted by Crippen LogP contribution is 2.35. The summed E-state index contributed by atoms with van der Waals surface area (Å²) in [6, 6.07) is 16.1. The van der Waals surface area contributed by atoms with E-state index in [0.717, 1.165) is 20.4 Å². The molecule has 0 saturated carbocycles. The smallest absolute Gasteiger partial charge is 0.174 e. The largest absolute Gasteiger partial charge is 0.490 e. The highest BCUT2D eigenvalue weighted by atomic mass is 127. The zero-order valence-electron chi connectivity index (χ0n) is 15.6. The Balaban J connectivity index is 1.74. The van der Waals surface area contributed by atoms with Gasteiger partial charge in [-0.25, -0.2) is 4.39 Å². The Kier molecular flexibility index (Phi) is 7.86. The molecule has 3 aromatic carbocycles. The van der Waals surface area contributed by atoms with Crippen molar-refractivity contribution >= 4 is 51.5 Å². The van der Waals surface area contributed by atoms with Crippen LogP contribution in [0.2, 0.25) is 10.0 Å². The molecule has 1 N–H and O–H groups in total. The summed E-state index contributed by atoms with van der Waals surface area (Å²) >= 11 is 14.0. The van der Waals surface area contributed by atoms with E-state index in [2.05, 4.69) is 27.9 Å². The van der Waals surface area contributed by atoms with Gasteiger partial charge in [0.25, 0.3) is 0 Å². The van der Waals surface area contributed by atoms with Crippen molar-refractivity contribution in [3.63, 3.8) is 0 Å². The molecule has 3 nitrogen and oxygen atoms in total. The number of halogens is 4. The molecule has 0 heterocycles. The van der Waals surface area contributed by atoms with Crippen LogP contribution in [0.25, 0.3) is 0 Å². The van der Waals surface area contributed by atoms with Gasteiger partial charge in [0.2, 0.25) is 0 Å². The van der Waals surface area contributed by atoms with Crippen molar-refractivity contribution in [1.29, 1.82) is 0 Å². The van der Waals surface area contributed by atoms with Crippen LogP contribution in [-0.2, 0) is 13.2 Å². The van der Waals surface area contributed by atoms with Crippen molar-refractivity contribution in [2.45, 2.75) is 20.1 Å². The lowest BCUT2D eigenvalue weighted by Gasteiger charge is -2.16. The monoisotopic (exact) mass is 545 g/mol. The molecule has 0 amide bonds. The van der Waals surface area contributed by atoms with Gasteiger partial charge in [0.15, 0.2) is 11.5 Å². The molecule has 0 atom stereocenters. The lowest BCUT2D eigenvalue weighted by molar-refractivity contribution is 0.267. The average molecular weight is 546 g/mol. The molecular weight excluding hydrogens is 527 g/mol. The molecule has 3 aromatic rings. The Hall–Kier alpha value is -1.70. The third-order valence-electron chi connectivity index (χ3n) is 4.08. The first-order chi connectivity index (χ1) is 14.0. The van der Waals surface area contributed by atoms with Gasteiger partial charge in [0.1, 0.15) is 12.4 Å². The molecule has 0 aliphatic rings. The van der Waals surface area contributed by atoms with Gasteiger partial charge in [0.05, 0.1) is 15.2 Å². The van der Waals surface area contributed by atoms with Crippen molar-refractivity contribution in [3.05, 3.63) is 85.2 Å². The summed E-state index contributed by atoms with van der Waals surface area (Å²) in [4.78, 5) is 0. The van der Waals surface area contributed by atoms with Crippen molar-refractivity contribution < 1.29 is 13.9 Å². The molecule has 0 fully saturated rings. The van der Waals surface area contributed by atoms with Gasteiger partial charge in [-0.2, -0.15) is 0 Å². The average Bonchev–Trinajstić information content (AvgIpc) is 2.70. The number of benzene rings is 3. The van der Waals surface area contributed by atoms with Gasteiger partial charge in [0, 0.05) is 17.3 Å². The van der Waals surface area contributed by atoms with E-state index < -0.39 is 5.82 Å². The molecular formula is C22H19Cl2FINO2. The minimum atomic E-state index is -0.437. The Morgan fingerprint density at radius 1 is 0.966 bits per heavy atom. The first-order valence-electron chi connectivity index (χ1n) is 8.97. The predicted molar refractivity (Wildman–Crippen MR) is 125 cm³/mol. The number of hydrogen-bond acceptors (Lipinski definition) is 3. The maximum Gasteiger partial charge on any atom is 0.174 e. The van der Waals surface area contributed by atoms with Crippen LogP contribution in [0.1, 0.15) is 18.1 Å². The number of hydrogen-bond donors (Lipinski definition) is 1. The summed E-state index contributed by atoms with van der Waals surface area (Å²) in [5, 5.41) is 4.03. The van der Waals surface area contributed by atoms with Gasteiger partial charge in [-0.1, -0.05) is 35.3 Å². The van der Waals surface area contributed by atoms with E-state index in [9.17, 15) is 4.39 Å². The van der Waals surface area contributed by atoms with Crippen molar-refractivity contribution in [3.8, 4) is 11.5 Å². The van der Waals surface area contributed by atoms with Crippen LogP contribution >= 0.6 is 45.8 Å². The molecule has 0 saturated heterocycles. The van der Waals surface area contributed by atoms with Crippen LogP contribution in [0.15, 0.2) is 54.6 Å². The van der Waals surface area contributed by atoms with E-state index >= 15 is 0 Å². The number of anilines is 1. The fourth-order valence-electron chi connectivity index (χ4n) is 2.67. The molecule has 29 heavy (non-hydrogen) atoms. The zero-order chi connectivity index (χ0) is 20.8. The van der Waals surface area contributed by atoms with E-state index in [1.807, 2.05) is 43.3 Å². The van der Waals surface area contributed by atoms with Gasteiger partial charge in [-0.3, -0.25) is 0 Å². The van der Waals surface area contributed by atoms with Crippen LogP contribution in [0, 0.1) is 9.39 Å².